The summed E-state index contributed by atoms with van der Waals surface area (Å²) in [6, 6.07) is 6.54. The SMILES string of the molecule is c1cnc(N2CCC(NCc3ccncc3)CC2)nc1. The summed E-state index contributed by atoms with van der Waals surface area (Å²) in [7, 11) is 0. The highest BCUT2D eigenvalue weighted by Crippen LogP contribution is 2.15. The van der Waals surface area contributed by atoms with Crippen LogP contribution in [0.4, 0.5) is 5.95 Å². The Morgan fingerprint density at radius 3 is 2.45 bits per heavy atom. The molecule has 3 heterocycles. The van der Waals surface area contributed by atoms with Crippen LogP contribution in [0.1, 0.15) is 18.4 Å². The van der Waals surface area contributed by atoms with Crippen LogP contribution in [0.15, 0.2) is 43.0 Å². The quantitative estimate of drug-likeness (QED) is 0.914. The number of piperidine rings is 1. The maximum atomic E-state index is 4.31. The predicted molar refractivity (Wildman–Crippen MR) is 78.3 cm³/mol. The van der Waals surface area contributed by atoms with Crippen LogP contribution in [-0.2, 0) is 6.54 Å². The Balaban J connectivity index is 1.47. The lowest BCUT2D eigenvalue weighted by molar-refractivity contribution is 0.411. The van der Waals surface area contributed by atoms with Gasteiger partial charge in [0.1, 0.15) is 0 Å². The van der Waals surface area contributed by atoms with Gasteiger partial charge in [-0.25, -0.2) is 9.97 Å². The van der Waals surface area contributed by atoms with Gasteiger partial charge in [0, 0.05) is 50.5 Å². The van der Waals surface area contributed by atoms with Gasteiger partial charge in [0.25, 0.3) is 0 Å². The molecule has 0 spiro atoms. The first kappa shape index (κ1) is 13.0. The lowest BCUT2D eigenvalue weighted by atomic mass is 10.0. The number of rotatable bonds is 4. The van der Waals surface area contributed by atoms with Crippen LogP contribution in [0, 0.1) is 0 Å². The molecule has 2 aromatic rings. The summed E-state index contributed by atoms with van der Waals surface area (Å²) < 4.78 is 0. The Morgan fingerprint density at radius 2 is 1.75 bits per heavy atom. The zero-order valence-electron chi connectivity index (χ0n) is 11.4. The predicted octanol–water partition coefficient (Wildman–Crippen LogP) is 1.63. The number of nitrogens with zero attached hydrogens (tertiary/aromatic N) is 4. The van der Waals surface area contributed by atoms with Crippen molar-refractivity contribution < 1.29 is 0 Å². The summed E-state index contributed by atoms with van der Waals surface area (Å²) in [6.07, 6.45) is 9.54. The first-order valence-electron chi connectivity index (χ1n) is 7.06. The minimum atomic E-state index is 0.572. The van der Waals surface area contributed by atoms with E-state index in [4.69, 9.17) is 0 Å². The molecule has 0 radical (unpaired) electrons. The monoisotopic (exact) mass is 269 g/mol. The highest BCUT2D eigenvalue weighted by molar-refractivity contribution is 5.29. The van der Waals surface area contributed by atoms with E-state index in [0.29, 0.717) is 6.04 Å². The molecular formula is C15H19N5. The van der Waals surface area contributed by atoms with Crippen LogP contribution in [0.3, 0.4) is 0 Å². The van der Waals surface area contributed by atoms with E-state index in [1.807, 2.05) is 18.5 Å². The van der Waals surface area contributed by atoms with Crippen molar-refractivity contribution in [1.82, 2.24) is 20.3 Å². The molecule has 1 saturated heterocycles. The molecule has 0 saturated carbocycles. The second-order valence-corrected chi connectivity index (χ2v) is 5.05. The van der Waals surface area contributed by atoms with E-state index in [-0.39, 0.29) is 0 Å². The molecule has 0 aromatic carbocycles. The van der Waals surface area contributed by atoms with Gasteiger partial charge in [-0.1, -0.05) is 0 Å². The van der Waals surface area contributed by atoms with Crippen molar-refractivity contribution in [2.75, 3.05) is 18.0 Å². The third-order valence-corrected chi connectivity index (χ3v) is 3.67. The molecule has 0 aliphatic carbocycles. The Morgan fingerprint density at radius 1 is 1.05 bits per heavy atom. The maximum Gasteiger partial charge on any atom is 0.225 e. The second kappa shape index (κ2) is 6.43. The van der Waals surface area contributed by atoms with Crippen molar-refractivity contribution in [3.05, 3.63) is 48.5 Å². The molecule has 0 unspecified atom stereocenters. The summed E-state index contributed by atoms with van der Waals surface area (Å²) in [6.45, 7) is 2.94. The molecule has 0 bridgehead atoms. The maximum absolute atomic E-state index is 4.31. The zero-order valence-corrected chi connectivity index (χ0v) is 11.4. The van der Waals surface area contributed by atoms with Gasteiger partial charge in [-0.05, 0) is 36.6 Å². The first-order chi connectivity index (χ1) is 9.92. The number of nitrogens with one attached hydrogen (secondary N) is 1. The van der Waals surface area contributed by atoms with Crippen molar-refractivity contribution in [3.8, 4) is 0 Å². The largest absolute Gasteiger partial charge is 0.341 e. The molecule has 1 aliphatic heterocycles. The number of anilines is 1. The van der Waals surface area contributed by atoms with Crippen LogP contribution in [0.5, 0.6) is 0 Å². The molecule has 20 heavy (non-hydrogen) atoms. The van der Waals surface area contributed by atoms with E-state index in [2.05, 4.69) is 37.3 Å². The molecule has 0 atom stereocenters. The van der Waals surface area contributed by atoms with Crippen molar-refractivity contribution >= 4 is 5.95 Å². The standard InChI is InChI=1S/C15H19N5/c1-6-17-15(18-7-1)20-10-4-14(5-11-20)19-12-13-2-8-16-9-3-13/h1-3,6-9,14,19H,4-5,10-12H2. The fourth-order valence-corrected chi connectivity index (χ4v) is 2.50. The molecule has 104 valence electrons. The molecule has 0 amide bonds. The molecule has 1 fully saturated rings. The minimum absolute atomic E-state index is 0.572. The van der Waals surface area contributed by atoms with Crippen LogP contribution < -0.4 is 10.2 Å². The van der Waals surface area contributed by atoms with E-state index in [9.17, 15) is 0 Å². The Labute approximate surface area is 119 Å². The fraction of sp³-hybridized carbons (Fsp3) is 0.400. The number of pyridine rings is 1. The third-order valence-electron chi connectivity index (χ3n) is 3.67. The topological polar surface area (TPSA) is 53.9 Å². The molecule has 1 N–H and O–H groups in total. The van der Waals surface area contributed by atoms with Crippen molar-refractivity contribution in [3.63, 3.8) is 0 Å². The first-order valence-corrected chi connectivity index (χ1v) is 7.06. The van der Waals surface area contributed by atoms with Crippen molar-refractivity contribution in [1.29, 1.82) is 0 Å². The number of hydrogen-bond acceptors (Lipinski definition) is 5. The molecule has 5 nitrogen and oxygen atoms in total. The van der Waals surface area contributed by atoms with Gasteiger partial charge in [-0.15, -0.1) is 0 Å². The lowest BCUT2D eigenvalue weighted by Gasteiger charge is -2.32. The van der Waals surface area contributed by atoms with E-state index in [1.54, 1.807) is 12.4 Å². The fourth-order valence-electron chi connectivity index (χ4n) is 2.50. The second-order valence-electron chi connectivity index (χ2n) is 5.05. The highest BCUT2D eigenvalue weighted by atomic mass is 15.3. The number of hydrogen-bond donors (Lipinski definition) is 1. The van der Waals surface area contributed by atoms with E-state index < -0.39 is 0 Å². The van der Waals surface area contributed by atoms with Crippen LogP contribution in [0.2, 0.25) is 0 Å². The minimum Gasteiger partial charge on any atom is -0.341 e. The molecular weight excluding hydrogens is 250 g/mol. The van der Waals surface area contributed by atoms with Gasteiger partial charge in [-0.3, -0.25) is 4.98 Å². The van der Waals surface area contributed by atoms with Crippen LogP contribution >= 0.6 is 0 Å². The molecule has 3 rings (SSSR count). The molecule has 5 heteroatoms. The molecule has 2 aromatic heterocycles. The average Bonchev–Trinajstić information content (AvgIpc) is 2.55. The van der Waals surface area contributed by atoms with Gasteiger partial charge in [-0.2, -0.15) is 0 Å². The summed E-state index contributed by atoms with van der Waals surface area (Å²) in [5.74, 6) is 0.847. The van der Waals surface area contributed by atoms with E-state index >= 15 is 0 Å². The number of aromatic nitrogens is 3. The van der Waals surface area contributed by atoms with Gasteiger partial charge < -0.3 is 10.2 Å². The van der Waals surface area contributed by atoms with Gasteiger partial charge >= 0.3 is 0 Å². The lowest BCUT2D eigenvalue weighted by Crippen LogP contribution is -2.42. The summed E-state index contributed by atoms with van der Waals surface area (Å²) in [5.41, 5.74) is 1.29. The van der Waals surface area contributed by atoms with Gasteiger partial charge in [0.2, 0.25) is 5.95 Å². The highest BCUT2D eigenvalue weighted by Gasteiger charge is 2.20. The normalized spacial score (nSPS) is 16.3. The molecule has 1 aliphatic rings. The summed E-state index contributed by atoms with van der Waals surface area (Å²) in [4.78, 5) is 14.9. The van der Waals surface area contributed by atoms with Crippen LogP contribution in [-0.4, -0.2) is 34.1 Å². The third kappa shape index (κ3) is 3.30. The Bertz CT molecular complexity index is 508. The summed E-state index contributed by atoms with van der Waals surface area (Å²) in [5, 5.41) is 3.61. The van der Waals surface area contributed by atoms with Gasteiger partial charge in [0.05, 0.1) is 0 Å². The Kier molecular flexibility index (Phi) is 4.18. The summed E-state index contributed by atoms with van der Waals surface area (Å²) >= 11 is 0. The van der Waals surface area contributed by atoms with Crippen molar-refractivity contribution in [2.45, 2.75) is 25.4 Å². The van der Waals surface area contributed by atoms with Crippen molar-refractivity contribution in [2.24, 2.45) is 0 Å². The van der Waals surface area contributed by atoms with E-state index in [1.165, 1.54) is 5.56 Å². The smallest absolute Gasteiger partial charge is 0.225 e. The van der Waals surface area contributed by atoms with Crippen LogP contribution in [0.25, 0.3) is 0 Å². The van der Waals surface area contributed by atoms with E-state index in [0.717, 1.165) is 38.4 Å². The Hall–Kier alpha value is -2.01. The van der Waals surface area contributed by atoms with Gasteiger partial charge in [0.15, 0.2) is 0 Å². The average molecular weight is 269 g/mol. The zero-order chi connectivity index (χ0) is 13.6.